The first kappa shape index (κ1) is 20.9. The van der Waals surface area contributed by atoms with Crippen LogP contribution < -0.4 is 14.9 Å². The monoisotopic (exact) mass is 453 g/mol. The van der Waals surface area contributed by atoms with Gasteiger partial charge in [-0.15, -0.1) is 10.8 Å². The number of H-pyrrole nitrogens is 1. The highest BCUT2D eigenvalue weighted by Crippen LogP contribution is 2.49. The molecule has 1 aliphatic carbocycles. The summed E-state index contributed by atoms with van der Waals surface area (Å²) in [5.74, 6) is 1.51. The smallest absolute Gasteiger partial charge is 0.231 e. The minimum atomic E-state index is -2.74. The predicted octanol–water partition coefficient (Wildman–Crippen LogP) is 5.19. The first-order chi connectivity index (χ1) is 15.5. The highest BCUT2D eigenvalue weighted by atomic mass is 32.3. The molecule has 1 saturated heterocycles. The first-order valence-electron chi connectivity index (χ1n) is 11.0. The van der Waals surface area contributed by atoms with Crippen LogP contribution in [0.5, 0.6) is 0 Å². The van der Waals surface area contributed by atoms with E-state index in [9.17, 15) is 14.4 Å². The van der Waals surface area contributed by atoms with Crippen LogP contribution in [0.1, 0.15) is 44.1 Å². The molecule has 9 nitrogen and oxygen atoms in total. The molecule has 2 aliphatic rings. The van der Waals surface area contributed by atoms with Gasteiger partial charge in [0, 0.05) is 24.5 Å². The lowest BCUT2D eigenvalue weighted by Gasteiger charge is -2.47. The van der Waals surface area contributed by atoms with Crippen LogP contribution >= 0.6 is 10.8 Å². The van der Waals surface area contributed by atoms with Crippen molar-refractivity contribution in [2.45, 2.75) is 44.6 Å². The Hall–Kier alpha value is -3.00. The average molecular weight is 454 g/mol. The van der Waals surface area contributed by atoms with Crippen molar-refractivity contribution in [3.63, 3.8) is 0 Å². The van der Waals surface area contributed by atoms with Crippen molar-refractivity contribution in [2.75, 3.05) is 27.2 Å². The highest BCUT2D eigenvalue weighted by molar-refractivity contribution is 8.25. The molecule has 0 atom stereocenters. The van der Waals surface area contributed by atoms with Gasteiger partial charge in [-0.25, -0.2) is 0 Å². The van der Waals surface area contributed by atoms with Crippen molar-refractivity contribution < 1.29 is 9.11 Å². The quantitative estimate of drug-likeness (QED) is 0.356. The van der Waals surface area contributed by atoms with Crippen LogP contribution in [0.25, 0.3) is 11.0 Å². The van der Waals surface area contributed by atoms with Gasteiger partial charge in [-0.3, -0.25) is 13.4 Å². The summed E-state index contributed by atoms with van der Waals surface area (Å²) < 4.78 is 22.4. The second-order valence-corrected chi connectivity index (χ2v) is 10.5. The van der Waals surface area contributed by atoms with Crippen molar-refractivity contribution in [1.82, 2.24) is 15.0 Å². The number of anilines is 4. The maximum Gasteiger partial charge on any atom is 0.231 e. The van der Waals surface area contributed by atoms with E-state index in [-0.39, 0.29) is 0 Å². The summed E-state index contributed by atoms with van der Waals surface area (Å²) >= 11 is 0. The molecule has 1 aromatic carbocycles. The molecule has 0 radical (unpaired) electrons. The van der Waals surface area contributed by atoms with Gasteiger partial charge in [0.1, 0.15) is 17.5 Å². The zero-order valence-electron chi connectivity index (χ0n) is 17.7. The number of rotatable bonds is 5. The third-order valence-electron chi connectivity index (χ3n) is 6.14. The van der Waals surface area contributed by atoms with Crippen LogP contribution in [-0.2, 0) is 0 Å². The zero-order chi connectivity index (χ0) is 22.1. The van der Waals surface area contributed by atoms with E-state index in [1.54, 1.807) is 10.5 Å². The second-order valence-electron chi connectivity index (χ2n) is 8.38. The Labute approximate surface area is 188 Å². The average Bonchev–Trinajstić information content (AvgIpc) is 3.44. The molecule has 10 heteroatoms. The van der Waals surface area contributed by atoms with Crippen molar-refractivity contribution in [1.29, 1.82) is 5.26 Å². The van der Waals surface area contributed by atoms with E-state index in [0.29, 0.717) is 41.3 Å². The molecule has 3 heterocycles. The molecular weight excluding hydrogens is 426 g/mol. The number of hydrogen-bond donors (Lipinski definition) is 5. The molecule has 2 aromatic heterocycles. The van der Waals surface area contributed by atoms with E-state index >= 15 is 0 Å². The Morgan fingerprint density at radius 3 is 2.59 bits per heavy atom. The van der Waals surface area contributed by atoms with Crippen LogP contribution in [0.4, 0.5) is 23.1 Å². The minimum Gasteiger partial charge on any atom is -0.367 e. The Balaban J connectivity index is 1.40. The van der Waals surface area contributed by atoms with E-state index in [1.165, 1.54) is 12.8 Å². The molecular formula is C22H27N7O2S. The Bertz CT molecular complexity index is 1150. The SMILES string of the molecule is N#Cc1c[nH]c2nc(Nc3ccc(N4CCCCS4(O)O)cc3)nc(NC3CCCC3)c12. The predicted molar refractivity (Wildman–Crippen MR) is 129 cm³/mol. The number of nitrogens with one attached hydrogen (secondary N) is 3. The summed E-state index contributed by atoms with van der Waals surface area (Å²) in [4.78, 5) is 12.3. The number of nitrogens with zero attached hydrogens (tertiary/aromatic N) is 4. The molecule has 1 aliphatic heterocycles. The zero-order valence-corrected chi connectivity index (χ0v) is 18.5. The number of aromatic nitrogens is 3. The highest BCUT2D eigenvalue weighted by Gasteiger charge is 2.26. The molecule has 5 N–H and O–H groups in total. The van der Waals surface area contributed by atoms with Gasteiger partial charge in [-0.2, -0.15) is 15.2 Å². The molecule has 0 amide bonds. The summed E-state index contributed by atoms with van der Waals surface area (Å²) in [7, 11) is -2.74. The maximum absolute atomic E-state index is 10.4. The summed E-state index contributed by atoms with van der Waals surface area (Å²) in [6.45, 7) is 0.638. The van der Waals surface area contributed by atoms with Crippen LogP contribution in [0, 0.1) is 11.3 Å². The van der Waals surface area contributed by atoms with Crippen LogP contribution in [0.2, 0.25) is 0 Å². The molecule has 3 aromatic rings. The fourth-order valence-electron chi connectivity index (χ4n) is 4.49. The van der Waals surface area contributed by atoms with Gasteiger partial charge in [0.25, 0.3) is 0 Å². The van der Waals surface area contributed by atoms with Gasteiger partial charge < -0.3 is 15.6 Å². The van der Waals surface area contributed by atoms with Crippen molar-refractivity contribution >= 4 is 45.0 Å². The first-order valence-corrected chi connectivity index (χ1v) is 12.7. The second kappa shape index (κ2) is 8.50. The Kier molecular flexibility index (Phi) is 5.55. The van der Waals surface area contributed by atoms with E-state index in [0.717, 1.165) is 42.4 Å². The molecule has 32 heavy (non-hydrogen) atoms. The largest absolute Gasteiger partial charge is 0.367 e. The van der Waals surface area contributed by atoms with Gasteiger partial charge in [0.15, 0.2) is 0 Å². The van der Waals surface area contributed by atoms with Gasteiger partial charge in [-0.05, 0) is 49.9 Å². The van der Waals surface area contributed by atoms with Gasteiger partial charge in [0.05, 0.1) is 22.4 Å². The van der Waals surface area contributed by atoms with Gasteiger partial charge in [-0.1, -0.05) is 12.8 Å². The number of fused-ring (bicyclic) bond motifs is 1. The van der Waals surface area contributed by atoms with E-state index < -0.39 is 10.8 Å². The number of hydrogen-bond acceptors (Lipinski definition) is 8. The molecule has 2 fully saturated rings. The van der Waals surface area contributed by atoms with E-state index in [1.807, 2.05) is 24.3 Å². The fraction of sp³-hybridized carbons (Fsp3) is 0.409. The minimum absolute atomic E-state index is 0.353. The van der Waals surface area contributed by atoms with E-state index in [2.05, 4.69) is 31.7 Å². The number of nitriles is 1. The summed E-state index contributed by atoms with van der Waals surface area (Å²) in [5.41, 5.74) is 2.72. The number of benzene rings is 1. The molecule has 5 rings (SSSR count). The van der Waals surface area contributed by atoms with Crippen LogP contribution in [-0.4, -0.2) is 42.4 Å². The standard InChI is InChI=1S/C22H27N7O2S/c23-13-15-14-24-20-19(15)21(25-16-5-1-2-6-16)28-22(27-20)26-17-7-9-18(10-8-17)29-11-3-4-12-32(29,30)31/h7-10,14,16,30-31H,1-6,11-12H2,(H3,24,25,26,27,28). The van der Waals surface area contributed by atoms with Crippen molar-refractivity contribution in [2.24, 2.45) is 0 Å². The molecule has 168 valence electrons. The lowest BCUT2D eigenvalue weighted by atomic mass is 10.2. The summed E-state index contributed by atoms with van der Waals surface area (Å²) in [5, 5.41) is 16.9. The van der Waals surface area contributed by atoms with Crippen molar-refractivity contribution in [3.8, 4) is 6.07 Å². The summed E-state index contributed by atoms with van der Waals surface area (Å²) in [6, 6.07) is 10.1. The number of aromatic amines is 1. The molecule has 0 spiro atoms. The lowest BCUT2D eigenvalue weighted by molar-refractivity contribution is 0.467. The Morgan fingerprint density at radius 1 is 1.09 bits per heavy atom. The lowest BCUT2D eigenvalue weighted by Crippen LogP contribution is -2.34. The summed E-state index contributed by atoms with van der Waals surface area (Å²) in [6.07, 6.45) is 8.03. The van der Waals surface area contributed by atoms with Crippen molar-refractivity contribution in [3.05, 3.63) is 36.0 Å². The van der Waals surface area contributed by atoms with E-state index in [4.69, 9.17) is 0 Å². The molecule has 0 unspecified atom stereocenters. The topological polar surface area (TPSA) is 133 Å². The third-order valence-corrected chi connectivity index (χ3v) is 8.08. The Morgan fingerprint density at radius 2 is 1.88 bits per heavy atom. The van der Waals surface area contributed by atoms with Crippen LogP contribution in [0.3, 0.4) is 0 Å². The maximum atomic E-state index is 10.4. The van der Waals surface area contributed by atoms with Crippen LogP contribution in [0.15, 0.2) is 30.5 Å². The third kappa shape index (κ3) is 4.07. The van der Waals surface area contributed by atoms with Gasteiger partial charge >= 0.3 is 0 Å². The fourth-order valence-corrected chi connectivity index (χ4v) is 6.18. The van der Waals surface area contributed by atoms with Gasteiger partial charge in [0.2, 0.25) is 5.95 Å². The normalized spacial score (nSPS) is 19.6. The molecule has 1 saturated carbocycles. The molecule has 0 bridgehead atoms.